The highest BCUT2D eigenvalue weighted by Gasteiger charge is 2.27. The van der Waals surface area contributed by atoms with Crippen LogP contribution >= 0.6 is 0 Å². The van der Waals surface area contributed by atoms with E-state index in [1.165, 1.54) is 19.1 Å². The van der Waals surface area contributed by atoms with Crippen molar-refractivity contribution in [2.75, 3.05) is 13.1 Å². The largest absolute Gasteiger partial charge is 0.341 e. The summed E-state index contributed by atoms with van der Waals surface area (Å²) < 4.78 is 26.7. The van der Waals surface area contributed by atoms with Crippen LogP contribution in [0.25, 0.3) is 0 Å². The molecule has 1 aromatic rings. The molecule has 8 heteroatoms. The van der Waals surface area contributed by atoms with Crippen molar-refractivity contribution >= 4 is 15.9 Å². The minimum Gasteiger partial charge on any atom is -0.341 e. The Morgan fingerprint density at radius 1 is 1.43 bits per heavy atom. The Morgan fingerprint density at radius 3 is 2.62 bits per heavy atom. The summed E-state index contributed by atoms with van der Waals surface area (Å²) in [6.07, 6.45) is 3.00. The fourth-order valence-electron chi connectivity index (χ4n) is 2.17. The van der Waals surface area contributed by atoms with Gasteiger partial charge in [-0.05, 0) is 31.9 Å². The Bertz CT molecular complexity index is 658. The summed E-state index contributed by atoms with van der Waals surface area (Å²) in [5.41, 5.74) is 0.134. The van der Waals surface area contributed by atoms with Crippen molar-refractivity contribution < 1.29 is 13.2 Å². The monoisotopic (exact) mass is 308 g/mol. The molecule has 0 spiro atoms. The van der Waals surface area contributed by atoms with Crippen LogP contribution in [-0.4, -0.2) is 43.3 Å². The third kappa shape index (κ3) is 3.56. The Kier molecular flexibility index (Phi) is 4.55. The lowest BCUT2D eigenvalue weighted by atomic mass is 10.3. The number of nitrogens with zero attached hydrogens (tertiary/aromatic N) is 3. The lowest BCUT2D eigenvalue weighted by Crippen LogP contribution is -2.45. The van der Waals surface area contributed by atoms with Gasteiger partial charge in [-0.25, -0.2) is 13.4 Å². The SMILES string of the molecule is CC(NS(=O)(=O)c1ccc(C#N)nc1)C(=O)N1CCCC1. The fraction of sp³-hybridized carbons (Fsp3) is 0.462. The lowest BCUT2D eigenvalue weighted by molar-refractivity contribution is -0.131. The minimum absolute atomic E-state index is 0.0671. The molecule has 112 valence electrons. The number of carbonyl (C=O) groups is 1. The van der Waals surface area contributed by atoms with Gasteiger partial charge in [-0.15, -0.1) is 0 Å². The molecule has 1 unspecified atom stereocenters. The highest BCUT2D eigenvalue weighted by Crippen LogP contribution is 2.12. The average molecular weight is 308 g/mol. The van der Waals surface area contributed by atoms with E-state index in [-0.39, 0.29) is 16.5 Å². The van der Waals surface area contributed by atoms with Gasteiger partial charge in [0, 0.05) is 19.3 Å². The normalized spacial score (nSPS) is 16.5. The predicted molar refractivity (Wildman–Crippen MR) is 74.5 cm³/mol. The molecule has 21 heavy (non-hydrogen) atoms. The number of sulfonamides is 1. The highest BCUT2D eigenvalue weighted by molar-refractivity contribution is 7.89. The fourth-order valence-corrected chi connectivity index (χ4v) is 3.31. The Hall–Kier alpha value is -1.98. The molecule has 2 heterocycles. The standard InChI is InChI=1S/C13H16N4O3S/c1-10(13(18)17-6-2-3-7-17)16-21(19,20)12-5-4-11(8-14)15-9-12/h4-5,9-10,16H,2-3,6-7H2,1H3. The van der Waals surface area contributed by atoms with Gasteiger partial charge in [-0.3, -0.25) is 4.79 Å². The van der Waals surface area contributed by atoms with Crippen molar-refractivity contribution in [2.45, 2.75) is 30.7 Å². The van der Waals surface area contributed by atoms with E-state index in [9.17, 15) is 13.2 Å². The molecule has 1 aliphatic heterocycles. The van der Waals surface area contributed by atoms with Gasteiger partial charge in [0.25, 0.3) is 0 Å². The maximum Gasteiger partial charge on any atom is 0.242 e. The number of nitriles is 1. The van der Waals surface area contributed by atoms with Crippen LogP contribution in [0.3, 0.4) is 0 Å². The van der Waals surface area contributed by atoms with Gasteiger partial charge in [-0.2, -0.15) is 9.98 Å². The number of hydrogen-bond acceptors (Lipinski definition) is 5. The highest BCUT2D eigenvalue weighted by atomic mass is 32.2. The van der Waals surface area contributed by atoms with Crippen LogP contribution in [0.2, 0.25) is 0 Å². The van der Waals surface area contributed by atoms with Gasteiger partial charge in [-0.1, -0.05) is 0 Å². The van der Waals surface area contributed by atoms with Crippen LogP contribution in [-0.2, 0) is 14.8 Å². The molecule has 0 radical (unpaired) electrons. The van der Waals surface area contributed by atoms with E-state index in [4.69, 9.17) is 5.26 Å². The van der Waals surface area contributed by atoms with Gasteiger partial charge in [0.2, 0.25) is 15.9 Å². The number of pyridine rings is 1. The Morgan fingerprint density at radius 2 is 2.10 bits per heavy atom. The van der Waals surface area contributed by atoms with Crippen LogP contribution in [0, 0.1) is 11.3 Å². The molecule has 1 aliphatic rings. The molecular weight excluding hydrogens is 292 g/mol. The van der Waals surface area contributed by atoms with E-state index in [2.05, 4.69) is 9.71 Å². The summed E-state index contributed by atoms with van der Waals surface area (Å²) in [5, 5.41) is 8.64. The van der Waals surface area contributed by atoms with Gasteiger partial charge in [0.15, 0.2) is 0 Å². The van der Waals surface area contributed by atoms with Crippen LogP contribution in [0.1, 0.15) is 25.5 Å². The summed E-state index contributed by atoms with van der Waals surface area (Å²) in [5.74, 6) is -0.224. The number of aromatic nitrogens is 1. The van der Waals surface area contributed by atoms with E-state index >= 15 is 0 Å². The van der Waals surface area contributed by atoms with Gasteiger partial charge in [0.05, 0.1) is 6.04 Å². The van der Waals surface area contributed by atoms with Crippen molar-refractivity contribution in [1.82, 2.24) is 14.6 Å². The van der Waals surface area contributed by atoms with Crippen molar-refractivity contribution in [3.63, 3.8) is 0 Å². The summed E-state index contributed by atoms with van der Waals surface area (Å²) in [4.78, 5) is 17.4. The first kappa shape index (κ1) is 15.4. The van der Waals surface area contributed by atoms with Gasteiger partial charge < -0.3 is 4.90 Å². The van der Waals surface area contributed by atoms with E-state index in [1.807, 2.05) is 6.07 Å². The smallest absolute Gasteiger partial charge is 0.242 e. The molecule has 7 nitrogen and oxygen atoms in total. The Labute approximate surface area is 123 Å². The molecule has 0 aliphatic carbocycles. The number of amides is 1. The third-order valence-corrected chi connectivity index (χ3v) is 4.81. The van der Waals surface area contributed by atoms with Crippen molar-refractivity contribution in [3.8, 4) is 6.07 Å². The first-order chi connectivity index (χ1) is 9.94. The molecule has 1 amide bonds. The summed E-state index contributed by atoms with van der Waals surface area (Å²) in [6.45, 7) is 2.86. The van der Waals surface area contributed by atoms with E-state index in [0.29, 0.717) is 13.1 Å². The molecule has 1 N–H and O–H groups in total. The molecule has 0 saturated carbocycles. The molecular formula is C13H16N4O3S. The zero-order chi connectivity index (χ0) is 15.5. The average Bonchev–Trinajstić information content (AvgIpc) is 3.00. The van der Waals surface area contributed by atoms with Gasteiger partial charge >= 0.3 is 0 Å². The van der Waals surface area contributed by atoms with E-state index < -0.39 is 16.1 Å². The zero-order valence-electron chi connectivity index (χ0n) is 11.6. The summed E-state index contributed by atoms with van der Waals surface area (Å²) in [6, 6.07) is 3.60. The second-order valence-electron chi connectivity index (χ2n) is 4.87. The number of hydrogen-bond donors (Lipinski definition) is 1. The van der Waals surface area contributed by atoms with Gasteiger partial charge in [0.1, 0.15) is 16.7 Å². The van der Waals surface area contributed by atoms with Crippen molar-refractivity contribution in [2.24, 2.45) is 0 Å². The Balaban J connectivity index is 2.09. The molecule has 1 aromatic heterocycles. The molecule has 2 rings (SSSR count). The molecule has 1 atom stereocenters. The van der Waals surface area contributed by atoms with E-state index in [1.54, 1.807) is 4.90 Å². The van der Waals surface area contributed by atoms with Crippen LogP contribution in [0.4, 0.5) is 0 Å². The van der Waals surface area contributed by atoms with E-state index in [0.717, 1.165) is 19.0 Å². The minimum atomic E-state index is -3.83. The quantitative estimate of drug-likeness (QED) is 0.858. The van der Waals surface area contributed by atoms with Crippen LogP contribution in [0.5, 0.6) is 0 Å². The number of likely N-dealkylation sites (tertiary alicyclic amines) is 1. The van der Waals surface area contributed by atoms with Crippen molar-refractivity contribution in [1.29, 1.82) is 5.26 Å². The molecule has 0 aromatic carbocycles. The first-order valence-electron chi connectivity index (χ1n) is 6.61. The predicted octanol–water partition coefficient (Wildman–Crippen LogP) is 0.242. The second-order valence-corrected chi connectivity index (χ2v) is 6.58. The first-order valence-corrected chi connectivity index (χ1v) is 8.09. The molecule has 0 bridgehead atoms. The van der Waals surface area contributed by atoms with Crippen LogP contribution in [0.15, 0.2) is 23.2 Å². The number of rotatable bonds is 4. The van der Waals surface area contributed by atoms with Crippen molar-refractivity contribution in [3.05, 3.63) is 24.0 Å². The molecule has 1 fully saturated rings. The zero-order valence-corrected chi connectivity index (χ0v) is 12.4. The number of nitrogens with one attached hydrogen (secondary N) is 1. The topological polar surface area (TPSA) is 103 Å². The maximum atomic E-state index is 12.2. The lowest BCUT2D eigenvalue weighted by Gasteiger charge is -2.21. The summed E-state index contributed by atoms with van der Waals surface area (Å²) >= 11 is 0. The third-order valence-electron chi connectivity index (χ3n) is 3.28. The second kappa shape index (κ2) is 6.20. The summed E-state index contributed by atoms with van der Waals surface area (Å²) in [7, 11) is -3.83. The van der Waals surface area contributed by atoms with Crippen LogP contribution < -0.4 is 4.72 Å². The number of carbonyl (C=O) groups excluding carboxylic acids is 1. The molecule has 1 saturated heterocycles. The maximum absolute atomic E-state index is 12.2.